The summed E-state index contributed by atoms with van der Waals surface area (Å²) in [6, 6.07) is 4.60. The van der Waals surface area contributed by atoms with Crippen LogP contribution in [0.4, 0.5) is 13.2 Å². The molecular weight excluding hydrogens is 243 g/mol. The van der Waals surface area contributed by atoms with Crippen LogP contribution in [0.5, 0.6) is 5.75 Å². The van der Waals surface area contributed by atoms with E-state index in [9.17, 15) is 13.2 Å². The molecule has 1 aromatic rings. The van der Waals surface area contributed by atoms with E-state index in [4.69, 9.17) is 4.74 Å². The average Bonchev–Trinajstić information content (AvgIpc) is 2.34. The van der Waals surface area contributed by atoms with Crippen molar-refractivity contribution < 1.29 is 17.9 Å². The van der Waals surface area contributed by atoms with Crippen LogP contribution in [0.15, 0.2) is 18.2 Å². The monoisotopic (exact) mass is 259 g/mol. The van der Waals surface area contributed by atoms with E-state index >= 15 is 0 Å². The van der Waals surface area contributed by atoms with Gasteiger partial charge in [-0.15, -0.1) is 0 Å². The van der Waals surface area contributed by atoms with Gasteiger partial charge in [-0.3, -0.25) is 0 Å². The number of fused-ring (bicyclic) bond motifs is 1. The number of aryl methyl sites for hydroxylation is 1. The molecule has 0 amide bonds. The van der Waals surface area contributed by atoms with Crippen LogP contribution in [-0.4, -0.2) is 19.8 Å². The summed E-state index contributed by atoms with van der Waals surface area (Å²) in [5, 5.41) is 2.72. The number of halogens is 3. The molecule has 1 unspecified atom stereocenters. The van der Waals surface area contributed by atoms with E-state index in [0.717, 1.165) is 24.2 Å². The average molecular weight is 259 g/mol. The molecule has 1 N–H and O–H groups in total. The Kier molecular flexibility index (Phi) is 3.80. The fourth-order valence-electron chi connectivity index (χ4n) is 2.22. The van der Waals surface area contributed by atoms with Gasteiger partial charge < -0.3 is 10.1 Å². The van der Waals surface area contributed by atoms with E-state index in [1.165, 1.54) is 0 Å². The Balaban J connectivity index is 2.21. The molecule has 1 aliphatic rings. The third-order valence-electron chi connectivity index (χ3n) is 3.12. The van der Waals surface area contributed by atoms with Gasteiger partial charge in [-0.25, -0.2) is 0 Å². The third-order valence-corrected chi connectivity index (χ3v) is 3.12. The summed E-state index contributed by atoms with van der Waals surface area (Å²) >= 11 is 0. The Hall–Kier alpha value is -1.23. The summed E-state index contributed by atoms with van der Waals surface area (Å²) in [5.41, 5.74) is 1.67. The number of rotatable bonds is 3. The Labute approximate surface area is 104 Å². The molecule has 1 aliphatic heterocycles. The Morgan fingerprint density at radius 3 is 2.83 bits per heavy atom. The molecular formula is C13H16F3NO. The minimum absolute atomic E-state index is 0.666. The predicted octanol–water partition coefficient (Wildman–Crippen LogP) is 3.22. The number of ether oxygens (including phenoxy) is 1. The first kappa shape index (κ1) is 13.2. The third kappa shape index (κ3) is 3.16. The molecule has 0 fully saturated rings. The first-order valence-electron chi connectivity index (χ1n) is 5.99. The van der Waals surface area contributed by atoms with Crippen molar-refractivity contribution in [3.05, 3.63) is 29.3 Å². The second-order valence-electron chi connectivity index (χ2n) is 4.48. The molecule has 1 atom stereocenters. The molecule has 1 heterocycles. The molecule has 5 heteroatoms. The SMILES string of the molecule is CNC(CC(F)(F)F)c1ccc2c(c1)CCCO2. The van der Waals surface area contributed by atoms with Gasteiger partial charge in [0.2, 0.25) is 0 Å². The first-order chi connectivity index (χ1) is 8.49. The first-order valence-corrected chi connectivity index (χ1v) is 5.99. The van der Waals surface area contributed by atoms with Gasteiger partial charge in [-0.1, -0.05) is 12.1 Å². The molecule has 2 nitrogen and oxygen atoms in total. The standard InChI is InChI=1S/C13H16F3NO/c1-17-11(8-13(14,15)16)9-4-5-12-10(7-9)3-2-6-18-12/h4-5,7,11,17H,2-3,6,8H2,1H3. The van der Waals surface area contributed by atoms with Crippen molar-refractivity contribution in [1.29, 1.82) is 0 Å². The van der Waals surface area contributed by atoms with E-state index in [2.05, 4.69) is 5.32 Å². The zero-order chi connectivity index (χ0) is 13.2. The summed E-state index contributed by atoms with van der Waals surface area (Å²) in [7, 11) is 1.55. The van der Waals surface area contributed by atoms with E-state index in [1.54, 1.807) is 19.2 Å². The normalized spacial score (nSPS) is 16.9. The summed E-state index contributed by atoms with van der Waals surface area (Å²) in [6.07, 6.45) is -3.24. The van der Waals surface area contributed by atoms with Crippen LogP contribution < -0.4 is 10.1 Å². The topological polar surface area (TPSA) is 21.3 Å². The maximum Gasteiger partial charge on any atom is 0.390 e. The number of hydrogen-bond acceptors (Lipinski definition) is 2. The molecule has 100 valence electrons. The molecule has 2 rings (SSSR count). The highest BCUT2D eigenvalue weighted by Crippen LogP contribution is 2.32. The minimum Gasteiger partial charge on any atom is -0.493 e. The Morgan fingerprint density at radius 2 is 2.17 bits per heavy atom. The maximum absolute atomic E-state index is 12.5. The minimum atomic E-state index is -4.17. The van der Waals surface area contributed by atoms with Crippen LogP contribution in [0, 0.1) is 0 Å². The molecule has 0 radical (unpaired) electrons. The molecule has 18 heavy (non-hydrogen) atoms. The quantitative estimate of drug-likeness (QED) is 0.899. The van der Waals surface area contributed by atoms with Gasteiger partial charge in [0, 0.05) is 6.04 Å². The van der Waals surface area contributed by atoms with Gasteiger partial charge in [-0.05, 0) is 37.1 Å². The summed E-state index contributed by atoms with van der Waals surface area (Å²) in [4.78, 5) is 0. The Morgan fingerprint density at radius 1 is 1.39 bits per heavy atom. The fourth-order valence-corrected chi connectivity index (χ4v) is 2.22. The number of hydrogen-bond donors (Lipinski definition) is 1. The van der Waals surface area contributed by atoms with E-state index in [1.807, 2.05) is 6.07 Å². The van der Waals surface area contributed by atoms with E-state index in [0.29, 0.717) is 12.2 Å². The van der Waals surface area contributed by atoms with Crippen molar-refractivity contribution in [3.63, 3.8) is 0 Å². The van der Waals surface area contributed by atoms with Gasteiger partial charge in [0.05, 0.1) is 13.0 Å². The highest BCUT2D eigenvalue weighted by Gasteiger charge is 2.32. The van der Waals surface area contributed by atoms with Crippen molar-refractivity contribution in [3.8, 4) is 5.75 Å². The van der Waals surface area contributed by atoms with Crippen LogP contribution in [0.2, 0.25) is 0 Å². The van der Waals surface area contributed by atoms with E-state index in [-0.39, 0.29) is 0 Å². The van der Waals surface area contributed by atoms with Crippen molar-refractivity contribution in [1.82, 2.24) is 5.32 Å². The highest BCUT2D eigenvalue weighted by atomic mass is 19.4. The number of alkyl halides is 3. The lowest BCUT2D eigenvalue weighted by Crippen LogP contribution is -2.24. The van der Waals surface area contributed by atoms with Crippen molar-refractivity contribution in [2.45, 2.75) is 31.5 Å². The molecule has 1 aromatic carbocycles. The Bertz CT molecular complexity index is 417. The smallest absolute Gasteiger partial charge is 0.390 e. The van der Waals surface area contributed by atoms with Crippen LogP contribution >= 0.6 is 0 Å². The number of benzene rings is 1. The molecule has 0 aromatic heterocycles. The summed E-state index contributed by atoms with van der Waals surface area (Å²) in [6.45, 7) is 0.685. The molecule has 0 bridgehead atoms. The molecule has 0 saturated heterocycles. The van der Waals surface area contributed by atoms with Crippen LogP contribution in [0.3, 0.4) is 0 Å². The molecule has 0 aliphatic carbocycles. The van der Waals surface area contributed by atoms with Crippen LogP contribution in [0.25, 0.3) is 0 Å². The largest absolute Gasteiger partial charge is 0.493 e. The predicted molar refractivity (Wildman–Crippen MR) is 62.7 cm³/mol. The number of nitrogens with one attached hydrogen (secondary N) is 1. The zero-order valence-corrected chi connectivity index (χ0v) is 10.2. The van der Waals surface area contributed by atoms with Crippen molar-refractivity contribution in [2.24, 2.45) is 0 Å². The van der Waals surface area contributed by atoms with Crippen molar-refractivity contribution in [2.75, 3.05) is 13.7 Å². The molecule has 0 spiro atoms. The van der Waals surface area contributed by atoms with Gasteiger partial charge in [0.15, 0.2) is 0 Å². The lowest BCUT2D eigenvalue weighted by molar-refractivity contribution is -0.140. The highest BCUT2D eigenvalue weighted by molar-refractivity contribution is 5.39. The van der Waals surface area contributed by atoms with Gasteiger partial charge in [-0.2, -0.15) is 13.2 Å². The second kappa shape index (κ2) is 5.18. The maximum atomic E-state index is 12.5. The zero-order valence-electron chi connectivity index (χ0n) is 10.2. The van der Waals surface area contributed by atoms with Gasteiger partial charge in [0.1, 0.15) is 5.75 Å². The van der Waals surface area contributed by atoms with Gasteiger partial charge in [0.25, 0.3) is 0 Å². The van der Waals surface area contributed by atoms with Crippen LogP contribution in [0.1, 0.15) is 30.0 Å². The summed E-state index contributed by atoms with van der Waals surface area (Å²) in [5.74, 6) is 0.798. The van der Waals surface area contributed by atoms with Gasteiger partial charge >= 0.3 is 6.18 Å². The van der Waals surface area contributed by atoms with Crippen LogP contribution in [-0.2, 0) is 6.42 Å². The molecule has 0 saturated carbocycles. The lowest BCUT2D eigenvalue weighted by Gasteiger charge is -2.22. The fraction of sp³-hybridized carbons (Fsp3) is 0.538. The van der Waals surface area contributed by atoms with Crippen molar-refractivity contribution >= 4 is 0 Å². The van der Waals surface area contributed by atoms with E-state index < -0.39 is 18.6 Å². The second-order valence-corrected chi connectivity index (χ2v) is 4.48. The summed E-state index contributed by atoms with van der Waals surface area (Å²) < 4.78 is 42.8. The lowest BCUT2D eigenvalue weighted by atomic mass is 9.97.